The molecule has 0 spiro atoms. The Bertz CT molecular complexity index is 418. The van der Waals surface area contributed by atoms with Gasteiger partial charge < -0.3 is 14.2 Å². The van der Waals surface area contributed by atoms with Crippen LogP contribution in [0.5, 0.6) is 0 Å². The van der Waals surface area contributed by atoms with Crippen molar-refractivity contribution in [2.45, 2.75) is 0 Å². The maximum Gasteiger partial charge on any atom is 0.337 e. The molecule has 1 unspecified atom stereocenters. The molecule has 0 aromatic heterocycles. The second-order valence-corrected chi connectivity index (χ2v) is 3.21. The lowest BCUT2D eigenvalue weighted by atomic mass is 10.0. The third-order valence-electron chi connectivity index (χ3n) is 2.29. The van der Waals surface area contributed by atoms with Crippen molar-refractivity contribution in [3.05, 3.63) is 23.3 Å². The number of methoxy groups -OCH3 is 3. The number of carbonyl (C=O) groups is 3. The lowest BCUT2D eigenvalue weighted by Gasteiger charge is -2.08. The van der Waals surface area contributed by atoms with Crippen LogP contribution >= 0.6 is 0 Å². The monoisotopic (exact) mass is 240 g/mol. The molecule has 1 aliphatic carbocycles. The Kier molecular flexibility index (Phi) is 4.03. The Morgan fingerprint density at radius 3 is 2.06 bits per heavy atom. The van der Waals surface area contributed by atoms with Crippen molar-refractivity contribution in [2.75, 3.05) is 21.3 Å². The molecule has 0 aromatic rings. The minimum absolute atomic E-state index is 0.0553. The zero-order valence-electron chi connectivity index (χ0n) is 9.68. The second kappa shape index (κ2) is 5.29. The number of carbonyl (C=O) groups excluding carboxylic acids is 3. The molecule has 1 aliphatic rings. The summed E-state index contributed by atoms with van der Waals surface area (Å²) in [6.07, 6.45) is 2.57. The molecule has 1 atom stereocenters. The first-order valence-corrected chi connectivity index (χ1v) is 4.73. The summed E-state index contributed by atoms with van der Waals surface area (Å²) in [6.45, 7) is 0. The van der Waals surface area contributed by atoms with Gasteiger partial charge in [-0.1, -0.05) is 6.08 Å². The number of hydrogen-bond donors (Lipinski definition) is 0. The van der Waals surface area contributed by atoms with Crippen molar-refractivity contribution in [2.24, 2.45) is 5.92 Å². The van der Waals surface area contributed by atoms with Gasteiger partial charge in [0.25, 0.3) is 0 Å². The molecule has 0 radical (unpaired) electrons. The maximum atomic E-state index is 11.4. The van der Waals surface area contributed by atoms with E-state index in [4.69, 9.17) is 0 Å². The van der Waals surface area contributed by atoms with E-state index < -0.39 is 23.8 Å². The Balaban J connectivity index is 3.06. The SMILES string of the molecule is COC(=O)C1=CC(C(=O)OC)C(C(=O)OC)=C1. The summed E-state index contributed by atoms with van der Waals surface area (Å²) in [7, 11) is 3.59. The van der Waals surface area contributed by atoms with Crippen LogP contribution in [0.15, 0.2) is 23.3 Å². The van der Waals surface area contributed by atoms with Crippen LogP contribution in [0.4, 0.5) is 0 Å². The highest BCUT2D eigenvalue weighted by Gasteiger charge is 2.33. The Morgan fingerprint density at radius 2 is 1.59 bits per heavy atom. The van der Waals surface area contributed by atoms with Gasteiger partial charge in [-0.05, 0) is 6.08 Å². The minimum atomic E-state index is -0.929. The molecule has 1 rings (SSSR count). The highest BCUT2D eigenvalue weighted by Crippen LogP contribution is 2.27. The van der Waals surface area contributed by atoms with E-state index in [0.717, 1.165) is 0 Å². The Hall–Kier alpha value is -2.11. The molecular weight excluding hydrogens is 228 g/mol. The first-order valence-electron chi connectivity index (χ1n) is 4.73. The molecule has 0 fully saturated rings. The van der Waals surface area contributed by atoms with Gasteiger partial charge in [-0.3, -0.25) is 4.79 Å². The van der Waals surface area contributed by atoms with Crippen molar-refractivity contribution < 1.29 is 28.6 Å². The first-order chi connectivity index (χ1) is 8.04. The van der Waals surface area contributed by atoms with Gasteiger partial charge in [0.05, 0.1) is 32.5 Å². The maximum absolute atomic E-state index is 11.4. The van der Waals surface area contributed by atoms with Crippen molar-refractivity contribution in [1.82, 2.24) is 0 Å². The molecular formula is C11H12O6. The summed E-state index contributed by atoms with van der Waals surface area (Å²) in [5, 5.41) is 0. The Labute approximate surface area is 97.8 Å². The first kappa shape index (κ1) is 13.0. The zero-order valence-corrected chi connectivity index (χ0v) is 9.68. The van der Waals surface area contributed by atoms with Gasteiger partial charge in [0.1, 0.15) is 5.92 Å². The molecule has 17 heavy (non-hydrogen) atoms. The van der Waals surface area contributed by atoms with Gasteiger partial charge in [-0.2, -0.15) is 0 Å². The average molecular weight is 240 g/mol. The van der Waals surface area contributed by atoms with Crippen LogP contribution < -0.4 is 0 Å². The number of esters is 3. The molecule has 0 aromatic carbocycles. The van der Waals surface area contributed by atoms with E-state index in [-0.39, 0.29) is 11.1 Å². The lowest BCUT2D eigenvalue weighted by Crippen LogP contribution is -2.20. The molecule has 6 heteroatoms. The largest absolute Gasteiger partial charge is 0.468 e. The standard InChI is InChI=1S/C11H12O6/c1-15-9(12)6-4-7(10(13)16-2)8(5-6)11(14)17-3/h4-5,7H,1-3H3. The second-order valence-electron chi connectivity index (χ2n) is 3.21. The van der Waals surface area contributed by atoms with Gasteiger partial charge in [0, 0.05) is 0 Å². The summed E-state index contributed by atoms with van der Waals surface area (Å²) in [5.74, 6) is -2.88. The van der Waals surface area contributed by atoms with Gasteiger partial charge in [-0.15, -0.1) is 0 Å². The van der Waals surface area contributed by atoms with E-state index in [0.29, 0.717) is 0 Å². The summed E-state index contributed by atoms with van der Waals surface area (Å²) in [6, 6.07) is 0. The normalized spacial score (nSPS) is 17.9. The van der Waals surface area contributed by atoms with Crippen LogP contribution in [0.3, 0.4) is 0 Å². The smallest absolute Gasteiger partial charge is 0.337 e. The molecule has 0 amide bonds. The fourth-order valence-corrected chi connectivity index (χ4v) is 1.45. The number of ether oxygens (including phenoxy) is 3. The quantitative estimate of drug-likeness (QED) is 0.510. The molecule has 0 saturated heterocycles. The Morgan fingerprint density at radius 1 is 1.00 bits per heavy atom. The molecule has 92 valence electrons. The van der Waals surface area contributed by atoms with Crippen molar-refractivity contribution >= 4 is 17.9 Å². The fraction of sp³-hybridized carbons (Fsp3) is 0.364. The minimum Gasteiger partial charge on any atom is -0.468 e. The van der Waals surface area contributed by atoms with Crippen LogP contribution in [-0.4, -0.2) is 39.2 Å². The van der Waals surface area contributed by atoms with E-state index in [1.807, 2.05) is 0 Å². The lowest BCUT2D eigenvalue weighted by molar-refractivity contribution is -0.145. The molecule has 0 N–H and O–H groups in total. The predicted molar refractivity (Wildman–Crippen MR) is 55.7 cm³/mol. The third-order valence-corrected chi connectivity index (χ3v) is 2.29. The van der Waals surface area contributed by atoms with Crippen LogP contribution in [-0.2, 0) is 28.6 Å². The number of hydrogen-bond acceptors (Lipinski definition) is 6. The summed E-state index contributed by atoms with van der Waals surface area (Å²) in [4.78, 5) is 34.1. The number of rotatable bonds is 3. The van der Waals surface area contributed by atoms with Gasteiger partial charge in [-0.25, -0.2) is 9.59 Å². The molecule has 0 heterocycles. The highest BCUT2D eigenvalue weighted by atomic mass is 16.5. The van der Waals surface area contributed by atoms with Crippen molar-refractivity contribution in [3.63, 3.8) is 0 Å². The fourth-order valence-electron chi connectivity index (χ4n) is 1.45. The van der Waals surface area contributed by atoms with Crippen LogP contribution in [0.1, 0.15) is 0 Å². The molecule has 0 bridgehead atoms. The summed E-state index contributed by atoms with van der Waals surface area (Å²) < 4.78 is 13.6. The van der Waals surface area contributed by atoms with E-state index in [9.17, 15) is 14.4 Å². The van der Waals surface area contributed by atoms with E-state index in [1.54, 1.807) is 0 Å². The van der Waals surface area contributed by atoms with Gasteiger partial charge in [0.2, 0.25) is 0 Å². The van der Waals surface area contributed by atoms with E-state index in [1.165, 1.54) is 33.5 Å². The molecule has 6 nitrogen and oxygen atoms in total. The van der Waals surface area contributed by atoms with E-state index >= 15 is 0 Å². The van der Waals surface area contributed by atoms with Crippen molar-refractivity contribution in [1.29, 1.82) is 0 Å². The topological polar surface area (TPSA) is 78.9 Å². The van der Waals surface area contributed by atoms with Crippen molar-refractivity contribution in [3.8, 4) is 0 Å². The van der Waals surface area contributed by atoms with Crippen LogP contribution in [0.25, 0.3) is 0 Å². The summed E-state index contributed by atoms with van der Waals surface area (Å²) in [5.41, 5.74) is 0.183. The average Bonchev–Trinajstić information content (AvgIpc) is 2.80. The zero-order chi connectivity index (χ0) is 13.0. The summed E-state index contributed by atoms with van der Waals surface area (Å²) >= 11 is 0. The van der Waals surface area contributed by atoms with E-state index in [2.05, 4.69) is 14.2 Å². The van der Waals surface area contributed by atoms with Gasteiger partial charge >= 0.3 is 17.9 Å². The van der Waals surface area contributed by atoms with Gasteiger partial charge in [0.15, 0.2) is 0 Å². The molecule has 0 aliphatic heterocycles. The highest BCUT2D eigenvalue weighted by molar-refractivity contribution is 6.04. The molecule has 0 saturated carbocycles. The predicted octanol–water partition coefficient (Wildman–Crippen LogP) is -0.0120. The third kappa shape index (κ3) is 2.52. The van der Waals surface area contributed by atoms with Crippen LogP contribution in [0, 0.1) is 5.92 Å². The van der Waals surface area contributed by atoms with Crippen LogP contribution in [0.2, 0.25) is 0 Å².